The van der Waals surface area contributed by atoms with Gasteiger partial charge in [-0.25, -0.2) is 16.8 Å². The van der Waals surface area contributed by atoms with Gasteiger partial charge >= 0.3 is 59.1 Å². The first-order valence-corrected chi connectivity index (χ1v) is 19.4. The molecule has 10 nitrogen and oxygen atoms in total. The Morgan fingerprint density at radius 3 is 0.815 bits per heavy atom. The van der Waals surface area contributed by atoms with Crippen LogP contribution in [0.1, 0.15) is 62.8 Å². The fourth-order valence-electron chi connectivity index (χ4n) is 4.80. The normalized spacial score (nSPS) is 11.1. The summed E-state index contributed by atoms with van der Waals surface area (Å²) < 4.78 is 92.3. The van der Waals surface area contributed by atoms with Gasteiger partial charge in [-0.1, -0.05) is 132 Å². The summed E-state index contributed by atoms with van der Waals surface area (Å²) in [5.74, 6) is 0. The molecular weight excluding hydrogens is 751 g/mol. The van der Waals surface area contributed by atoms with Crippen LogP contribution >= 0.6 is 0 Å². The molecule has 0 aliphatic heterocycles. The van der Waals surface area contributed by atoms with E-state index in [9.17, 15) is 25.9 Å². The van der Waals surface area contributed by atoms with Crippen molar-refractivity contribution in [3.63, 3.8) is 0 Å². The Kier molecular flexibility index (Phi) is 24.1. The van der Waals surface area contributed by atoms with Crippen LogP contribution in [0.2, 0.25) is 0 Å². The minimum absolute atomic E-state index is 0. The molecule has 0 unspecified atom stereocenters. The first-order chi connectivity index (χ1) is 24.7. The second-order valence-electron chi connectivity index (χ2n) is 12.2. The molecule has 0 saturated heterocycles. The molecule has 0 radical (unpaired) electrons. The summed E-state index contributed by atoms with van der Waals surface area (Å²) in [5.41, 5.74) is 4.62. The Balaban J connectivity index is 0.000000521. The van der Waals surface area contributed by atoms with Gasteiger partial charge in [0.2, 0.25) is 0 Å². The number of allylic oxidation sites excluding steroid dienone is 2. The van der Waals surface area contributed by atoms with Gasteiger partial charge in [-0.15, -0.1) is 0 Å². The summed E-state index contributed by atoms with van der Waals surface area (Å²) in [6.45, 7) is 7.41. The number of rotatable bonds is 18. The van der Waals surface area contributed by atoms with E-state index in [1.807, 2.05) is 121 Å². The van der Waals surface area contributed by atoms with Crippen molar-refractivity contribution >= 4 is 20.2 Å². The van der Waals surface area contributed by atoms with Crippen molar-refractivity contribution in [2.75, 3.05) is 0 Å². The summed E-state index contributed by atoms with van der Waals surface area (Å²) in [4.78, 5) is -0.382. The molecule has 14 heteroatoms. The van der Waals surface area contributed by atoms with Crippen LogP contribution in [-0.2, 0) is 65.6 Å². The van der Waals surface area contributed by atoms with Crippen molar-refractivity contribution in [3.05, 3.63) is 165 Å². The zero-order valence-electron chi connectivity index (χ0n) is 31.8. The molecule has 0 N–H and O–H groups in total. The summed E-state index contributed by atoms with van der Waals surface area (Å²) in [5, 5.41) is 0. The maximum atomic E-state index is 11.5. The summed E-state index contributed by atoms with van der Waals surface area (Å²) >= 11 is 0. The Hall–Kier alpha value is -1.98. The van der Waals surface area contributed by atoms with E-state index in [0.717, 1.165) is 22.3 Å². The van der Waals surface area contributed by atoms with Gasteiger partial charge in [-0.05, 0) is 49.9 Å². The van der Waals surface area contributed by atoms with Crippen LogP contribution in [0.15, 0.2) is 142 Å². The SMILES string of the molecule is CC(C)=C(CC(OCc1ccccc1)OCc1ccccc1)S(=O)(=O)[O-].CC(C)=C(CC(OCc1ccccc1)OCc1ccccc1)S(=O)(=O)[O-].[Na+].[Na+]. The number of hydrogen-bond acceptors (Lipinski definition) is 10. The first-order valence-electron chi connectivity index (χ1n) is 16.6. The second kappa shape index (κ2) is 26.0. The van der Waals surface area contributed by atoms with Gasteiger partial charge in [0.1, 0.15) is 20.2 Å². The minimum Gasteiger partial charge on any atom is -0.744 e. The van der Waals surface area contributed by atoms with Crippen LogP contribution in [-0.4, -0.2) is 38.5 Å². The van der Waals surface area contributed by atoms with Crippen LogP contribution in [0.5, 0.6) is 0 Å². The average molecular weight is 797 g/mol. The average Bonchev–Trinajstić information content (AvgIpc) is 3.11. The van der Waals surface area contributed by atoms with Crippen LogP contribution in [0, 0.1) is 0 Å². The maximum Gasteiger partial charge on any atom is 1.00 e. The van der Waals surface area contributed by atoms with Gasteiger partial charge in [0.25, 0.3) is 0 Å². The molecule has 0 fully saturated rings. The molecule has 0 heterocycles. The van der Waals surface area contributed by atoms with E-state index >= 15 is 0 Å². The van der Waals surface area contributed by atoms with Crippen molar-refractivity contribution in [1.29, 1.82) is 0 Å². The molecule has 0 aromatic heterocycles. The van der Waals surface area contributed by atoms with Crippen molar-refractivity contribution in [3.8, 4) is 0 Å². The Bertz CT molecular complexity index is 1690. The second-order valence-corrected chi connectivity index (χ2v) is 15.0. The molecule has 0 saturated carbocycles. The summed E-state index contributed by atoms with van der Waals surface area (Å²) in [6.07, 6.45) is -1.92. The Morgan fingerprint density at radius 2 is 0.648 bits per heavy atom. The monoisotopic (exact) mass is 796 g/mol. The molecule has 54 heavy (non-hydrogen) atoms. The van der Waals surface area contributed by atoms with E-state index in [0.29, 0.717) is 11.1 Å². The third-order valence-electron chi connectivity index (χ3n) is 7.54. The van der Waals surface area contributed by atoms with Gasteiger partial charge in [0.15, 0.2) is 12.6 Å². The zero-order chi connectivity index (χ0) is 38.0. The molecule has 0 amide bonds. The minimum atomic E-state index is -4.56. The standard InChI is InChI=1S/2C20H24O5S.2Na/c2*1-16(2)19(26(21,22)23)13-20(24-14-17-9-5-3-6-10-17)25-15-18-11-7-4-8-12-18;;/h2*3-12,20H,13-15H2,1-2H3,(H,21,22,23);;/q;;2*+1/p-2. The molecule has 0 spiro atoms. The third kappa shape index (κ3) is 19.7. The molecule has 0 aliphatic rings. The van der Waals surface area contributed by atoms with E-state index in [-0.39, 0.29) is 108 Å². The summed E-state index contributed by atoms with van der Waals surface area (Å²) in [7, 11) is -9.11. The molecule has 0 atom stereocenters. The predicted octanol–water partition coefficient (Wildman–Crippen LogP) is 1.96. The third-order valence-corrected chi connectivity index (χ3v) is 9.89. The van der Waals surface area contributed by atoms with E-state index in [1.54, 1.807) is 27.7 Å². The van der Waals surface area contributed by atoms with E-state index in [2.05, 4.69) is 0 Å². The van der Waals surface area contributed by atoms with Crippen LogP contribution in [0.3, 0.4) is 0 Å². The topological polar surface area (TPSA) is 151 Å². The summed E-state index contributed by atoms with van der Waals surface area (Å²) in [6, 6.07) is 38.0. The molecule has 0 bridgehead atoms. The van der Waals surface area contributed by atoms with Crippen molar-refractivity contribution in [2.45, 2.75) is 79.5 Å². The fraction of sp³-hybridized carbons (Fsp3) is 0.300. The van der Waals surface area contributed by atoms with Crippen LogP contribution in [0.4, 0.5) is 0 Å². The number of hydrogen-bond donors (Lipinski definition) is 0. The molecule has 280 valence electrons. The largest absolute Gasteiger partial charge is 1.00 e. The van der Waals surface area contributed by atoms with Crippen LogP contribution in [0.25, 0.3) is 0 Å². The van der Waals surface area contributed by atoms with E-state index in [1.165, 1.54) is 0 Å². The molecule has 4 aromatic carbocycles. The Morgan fingerprint density at radius 1 is 0.444 bits per heavy atom. The van der Waals surface area contributed by atoms with Gasteiger partial charge in [-0.2, -0.15) is 0 Å². The fourth-order valence-corrected chi connectivity index (χ4v) is 6.48. The van der Waals surface area contributed by atoms with Crippen molar-refractivity contribution < 1.29 is 104 Å². The first kappa shape index (κ1) is 50.0. The van der Waals surface area contributed by atoms with Gasteiger partial charge < -0.3 is 28.1 Å². The van der Waals surface area contributed by atoms with Gasteiger partial charge in [0, 0.05) is 22.7 Å². The van der Waals surface area contributed by atoms with Crippen molar-refractivity contribution in [2.24, 2.45) is 0 Å². The zero-order valence-corrected chi connectivity index (χ0v) is 37.5. The predicted molar refractivity (Wildman–Crippen MR) is 198 cm³/mol. The molecule has 4 aromatic rings. The number of benzene rings is 4. The smallest absolute Gasteiger partial charge is 0.744 e. The van der Waals surface area contributed by atoms with Gasteiger partial charge in [0.05, 0.1) is 26.4 Å². The number of ether oxygens (including phenoxy) is 4. The van der Waals surface area contributed by atoms with Gasteiger partial charge in [-0.3, -0.25) is 0 Å². The van der Waals surface area contributed by atoms with Crippen molar-refractivity contribution in [1.82, 2.24) is 0 Å². The maximum absolute atomic E-state index is 11.5. The van der Waals surface area contributed by atoms with E-state index < -0.39 is 32.8 Å². The molecule has 4 rings (SSSR count). The Labute approximate surface area is 365 Å². The molecular formula is C40H46Na2O10S2. The quantitative estimate of drug-likeness (QED) is 0.0831. The van der Waals surface area contributed by atoms with Crippen LogP contribution < -0.4 is 59.1 Å². The molecule has 0 aliphatic carbocycles. The van der Waals surface area contributed by atoms with E-state index in [4.69, 9.17) is 18.9 Å².